The summed E-state index contributed by atoms with van der Waals surface area (Å²) in [6.07, 6.45) is 0. The average molecular weight is 229 g/mol. The number of anilines is 2. The molecule has 1 aliphatic heterocycles. The van der Waals surface area contributed by atoms with Gasteiger partial charge < -0.3 is 9.80 Å². The summed E-state index contributed by atoms with van der Waals surface area (Å²) in [7, 11) is 2.01. The third-order valence-electron chi connectivity index (χ3n) is 3.07. The molecule has 0 saturated heterocycles. The lowest BCUT2D eigenvalue weighted by molar-refractivity contribution is -0.120. The molecule has 1 aromatic rings. The molecule has 0 fully saturated rings. The molecule has 0 aliphatic carbocycles. The zero-order chi connectivity index (χ0) is 12.4. The molecule has 0 aromatic heterocycles. The summed E-state index contributed by atoms with van der Waals surface area (Å²) in [4.78, 5) is 15.9. The summed E-state index contributed by atoms with van der Waals surface area (Å²) in [6, 6.07) is 9.78. The lowest BCUT2D eigenvalue weighted by atomic mass is 10.1. The number of carbonyl (C=O) groups excluding carboxylic acids is 1. The van der Waals surface area contributed by atoms with Gasteiger partial charge in [0.2, 0.25) is 5.91 Å². The summed E-state index contributed by atoms with van der Waals surface area (Å²) >= 11 is 0. The minimum absolute atomic E-state index is 0.118. The van der Waals surface area contributed by atoms with Crippen molar-refractivity contribution < 1.29 is 4.79 Å². The number of amides is 1. The van der Waals surface area contributed by atoms with E-state index in [2.05, 4.69) is 4.90 Å². The van der Waals surface area contributed by atoms with Crippen molar-refractivity contribution >= 4 is 17.3 Å². The number of nitriles is 1. The minimum Gasteiger partial charge on any atom is -0.371 e. The summed E-state index contributed by atoms with van der Waals surface area (Å²) < 4.78 is 0. The Morgan fingerprint density at radius 3 is 2.65 bits per heavy atom. The zero-order valence-corrected chi connectivity index (χ0v) is 10.1. The van der Waals surface area contributed by atoms with Crippen LogP contribution in [0.1, 0.15) is 6.92 Å². The summed E-state index contributed by atoms with van der Waals surface area (Å²) in [5.41, 5.74) is 1.94. The van der Waals surface area contributed by atoms with Gasteiger partial charge in [0.15, 0.2) is 0 Å². The summed E-state index contributed by atoms with van der Waals surface area (Å²) in [5.74, 6) is -0.709. The van der Waals surface area contributed by atoms with Gasteiger partial charge in [-0.25, -0.2) is 0 Å². The van der Waals surface area contributed by atoms with Gasteiger partial charge in [-0.2, -0.15) is 5.26 Å². The van der Waals surface area contributed by atoms with E-state index in [1.807, 2.05) is 37.4 Å². The number of nitrogens with zero attached hydrogens (tertiary/aromatic N) is 3. The molecule has 1 atom stereocenters. The molecule has 0 saturated carbocycles. The largest absolute Gasteiger partial charge is 0.371 e. The number of fused-ring (bicyclic) bond motifs is 1. The van der Waals surface area contributed by atoms with Gasteiger partial charge >= 0.3 is 0 Å². The van der Waals surface area contributed by atoms with Crippen molar-refractivity contribution in [3.63, 3.8) is 0 Å². The highest BCUT2D eigenvalue weighted by molar-refractivity contribution is 6.00. The van der Waals surface area contributed by atoms with E-state index in [0.717, 1.165) is 17.9 Å². The van der Waals surface area contributed by atoms with E-state index in [1.165, 1.54) is 0 Å². The molecule has 88 valence electrons. The second kappa shape index (κ2) is 4.46. The van der Waals surface area contributed by atoms with E-state index in [-0.39, 0.29) is 5.91 Å². The molecule has 1 amide bonds. The van der Waals surface area contributed by atoms with Crippen LogP contribution < -0.4 is 9.80 Å². The maximum Gasteiger partial charge on any atom is 0.244 e. The lowest BCUT2D eigenvalue weighted by Crippen LogP contribution is -2.44. The second-order valence-electron chi connectivity index (χ2n) is 4.25. The van der Waals surface area contributed by atoms with Crippen LogP contribution >= 0.6 is 0 Å². The summed E-state index contributed by atoms with van der Waals surface area (Å²) in [6.45, 7) is 3.07. The Hall–Kier alpha value is -2.02. The van der Waals surface area contributed by atoms with E-state index in [4.69, 9.17) is 5.26 Å². The van der Waals surface area contributed by atoms with Crippen molar-refractivity contribution in [1.82, 2.24) is 0 Å². The van der Waals surface area contributed by atoms with Crippen LogP contribution in [-0.2, 0) is 4.79 Å². The predicted molar refractivity (Wildman–Crippen MR) is 66.8 cm³/mol. The molecule has 1 unspecified atom stereocenters. The van der Waals surface area contributed by atoms with E-state index in [1.54, 1.807) is 11.8 Å². The number of rotatable bonds is 1. The van der Waals surface area contributed by atoms with Gasteiger partial charge in [-0.15, -0.1) is 0 Å². The number of hydrogen-bond donors (Lipinski definition) is 0. The first-order chi connectivity index (χ1) is 8.15. The Bertz CT molecular complexity index is 478. The van der Waals surface area contributed by atoms with Gasteiger partial charge in [0.1, 0.15) is 5.92 Å². The molecule has 0 spiro atoms. The number of likely N-dealkylation sites (N-methyl/N-ethyl adjacent to an activating group) is 1. The fraction of sp³-hybridized carbons (Fsp3) is 0.385. The maximum atomic E-state index is 12.1. The summed E-state index contributed by atoms with van der Waals surface area (Å²) in [5, 5.41) is 8.83. The van der Waals surface area contributed by atoms with Crippen LogP contribution in [0, 0.1) is 17.2 Å². The van der Waals surface area contributed by atoms with Crippen LogP contribution in [0.2, 0.25) is 0 Å². The van der Waals surface area contributed by atoms with Crippen molar-refractivity contribution in [3.8, 4) is 6.07 Å². The fourth-order valence-electron chi connectivity index (χ4n) is 2.02. The Morgan fingerprint density at radius 1 is 1.35 bits per heavy atom. The van der Waals surface area contributed by atoms with Gasteiger partial charge in [0, 0.05) is 20.1 Å². The molecular formula is C13H15N3O. The Kier molecular flexibility index (Phi) is 3.01. The Balaban J connectivity index is 2.37. The maximum absolute atomic E-state index is 12.1. The zero-order valence-electron chi connectivity index (χ0n) is 10.1. The van der Waals surface area contributed by atoms with E-state index < -0.39 is 5.92 Å². The fourth-order valence-corrected chi connectivity index (χ4v) is 2.02. The molecule has 4 heteroatoms. The highest BCUT2D eigenvalue weighted by atomic mass is 16.2. The Morgan fingerprint density at radius 2 is 2.00 bits per heavy atom. The molecular weight excluding hydrogens is 214 g/mol. The van der Waals surface area contributed by atoms with Crippen LogP contribution in [0.3, 0.4) is 0 Å². The molecule has 1 aromatic carbocycles. The molecule has 0 N–H and O–H groups in total. The van der Waals surface area contributed by atoms with Gasteiger partial charge in [-0.3, -0.25) is 4.79 Å². The average Bonchev–Trinajstić information content (AvgIpc) is 2.38. The van der Waals surface area contributed by atoms with Crippen LogP contribution in [0.25, 0.3) is 0 Å². The van der Waals surface area contributed by atoms with Crippen LogP contribution in [0.4, 0.5) is 11.4 Å². The number of carbonyl (C=O) groups is 1. The smallest absolute Gasteiger partial charge is 0.244 e. The molecule has 1 heterocycles. The number of benzene rings is 1. The van der Waals surface area contributed by atoms with Crippen molar-refractivity contribution in [2.24, 2.45) is 5.92 Å². The highest BCUT2D eigenvalue weighted by Gasteiger charge is 2.27. The quantitative estimate of drug-likeness (QED) is 0.735. The van der Waals surface area contributed by atoms with Crippen molar-refractivity contribution in [2.75, 3.05) is 29.9 Å². The van der Waals surface area contributed by atoms with Crippen LogP contribution in [0.15, 0.2) is 24.3 Å². The third kappa shape index (κ3) is 1.96. The monoisotopic (exact) mass is 229 g/mol. The van der Waals surface area contributed by atoms with Crippen LogP contribution in [-0.4, -0.2) is 26.0 Å². The first kappa shape index (κ1) is 11.5. The molecule has 2 rings (SSSR count). The third-order valence-corrected chi connectivity index (χ3v) is 3.07. The number of hydrogen-bond acceptors (Lipinski definition) is 3. The number of para-hydroxylation sites is 2. The Labute approximate surface area is 101 Å². The minimum atomic E-state index is -0.591. The molecule has 0 bridgehead atoms. The molecule has 17 heavy (non-hydrogen) atoms. The first-order valence-corrected chi connectivity index (χ1v) is 5.66. The van der Waals surface area contributed by atoms with Crippen molar-refractivity contribution in [1.29, 1.82) is 5.26 Å². The van der Waals surface area contributed by atoms with E-state index in [0.29, 0.717) is 6.54 Å². The van der Waals surface area contributed by atoms with Crippen molar-refractivity contribution in [2.45, 2.75) is 6.92 Å². The SMILES string of the molecule is CC(C#N)C(=O)N1CCN(C)c2ccccc21. The highest BCUT2D eigenvalue weighted by Crippen LogP contribution is 2.32. The standard InChI is InChI=1S/C13H15N3O/c1-10(9-14)13(17)16-8-7-15(2)11-5-3-4-6-12(11)16/h3-6,10H,7-8H2,1-2H3. The van der Waals surface area contributed by atoms with E-state index in [9.17, 15) is 4.79 Å². The second-order valence-corrected chi connectivity index (χ2v) is 4.25. The predicted octanol–water partition coefficient (Wildman–Crippen LogP) is 1.63. The van der Waals surface area contributed by atoms with E-state index >= 15 is 0 Å². The van der Waals surface area contributed by atoms with Gasteiger partial charge in [0.05, 0.1) is 17.4 Å². The topological polar surface area (TPSA) is 47.3 Å². The van der Waals surface area contributed by atoms with Gasteiger partial charge in [-0.1, -0.05) is 12.1 Å². The first-order valence-electron chi connectivity index (χ1n) is 5.66. The van der Waals surface area contributed by atoms with Crippen LogP contribution in [0.5, 0.6) is 0 Å². The lowest BCUT2D eigenvalue weighted by Gasteiger charge is -2.36. The molecule has 0 radical (unpaired) electrons. The van der Waals surface area contributed by atoms with Gasteiger partial charge in [-0.05, 0) is 19.1 Å². The van der Waals surface area contributed by atoms with Crippen molar-refractivity contribution in [3.05, 3.63) is 24.3 Å². The normalized spacial score (nSPS) is 16.1. The van der Waals surface area contributed by atoms with Gasteiger partial charge in [0.25, 0.3) is 0 Å². The molecule has 1 aliphatic rings. The molecule has 4 nitrogen and oxygen atoms in total.